The summed E-state index contributed by atoms with van der Waals surface area (Å²) in [6, 6.07) is 22.9. The summed E-state index contributed by atoms with van der Waals surface area (Å²) in [6.45, 7) is 3.12. The zero-order valence-electron chi connectivity index (χ0n) is 19.9. The Bertz CT molecular complexity index is 1140. The first-order valence-corrected chi connectivity index (χ1v) is 12.2. The van der Waals surface area contributed by atoms with Gasteiger partial charge in [-0.05, 0) is 60.0 Å². The molecular formula is C27H26NNaO5S. The summed E-state index contributed by atoms with van der Waals surface area (Å²) in [7, 11) is 0. The van der Waals surface area contributed by atoms with Crippen LogP contribution in [-0.2, 0) is 11.2 Å². The van der Waals surface area contributed by atoms with Gasteiger partial charge in [0.1, 0.15) is 28.2 Å². The molecule has 176 valence electrons. The molecule has 0 N–H and O–H groups in total. The maximum atomic E-state index is 11.8. The molecule has 1 heterocycles. The number of imide groups is 1. The second kappa shape index (κ2) is 13.6. The molecule has 1 saturated heterocycles. The van der Waals surface area contributed by atoms with Gasteiger partial charge in [-0.2, -0.15) is 0 Å². The summed E-state index contributed by atoms with van der Waals surface area (Å²) in [5.41, 5.74) is 1.84. The minimum absolute atomic E-state index is 0. The van der Waals surface area contributed by atoms with Crippen LogP contribution in [0.15, 0.2) is 72.8 Å². The molecule has 1 fully saturated rings. The number of benzene rings is 3. The van der Waals surface area contributed by atoms with Crippen molar-refractivity contribution in [2.75, 3.05) is 13.2 Å². The van der Waals surface area contributed by atoms with E-state index in [-0.39, 0.29) is 29.6 Å². The minimum Gasteiger partial charge on any atom is -0.585 e. The number of aryl methyl sites for hydroxylation is 1. The number of hydrogen-bond acceptors (Lipinski definition) is 6. The van der Waals surface area contributed by atoms with Crippen molar-refractivity contribution in [2.24, 2.45) is 0 Å². The average Bonchev–Trinajstić information content (AvgIpc) is 3.19. The number of para-hydroxylation sites is 1. The molecule has 8 heteroatoms. The number of carbonyl (C=O) groups is 2. The van der Waals surface area contributed by atoms with Crippen LogP contribution in [0.3, 0.4) is 0 Å². The molecule has 6 nitrogen and oxygen atoms in total. The third kappa shape index (κ3) is 7.77. The van der Waals surface area contributed by atoms with Crippen molar-refractivity contribution >= 4 is 22.9 Å². The van der Waals surface area contributed by atoms with Gasteiger partial charge in [-0.15, -0.1) is 0 Å². The molecule has 4 rings (SSSR count). The summed E-state index contributed by atoms with van der Waals surface area (Å²) < 4.78 is 17.8. The van der Waals surface area contributed by atoms with E-state index in [4.69, 9.17) is 14.2 Å². The maximum absolute atomic E-state index is 11.8. The van der Waals surface area contributed by atoms with Crippen LogP contribution in [0.4, 0.5) is 4.79 Å². The van der Waals surface area contributed by atoms with Crippen LogP contribution in [0, 0.1) is 0 Å². The SMILES string of the molecule is CCCc1cc(Oc2ccccc2)ccc1OCCCOc1cccc(C2SC(=O)[N-]C2=O)c1.[Na+]. The van der Waals surface area contributed by atoms with Gasteiger partial charge in [0.15, 0.2) is 0 Å². The van der Waals surface area contributed by atoms with Crippen molar-refractivity contribution < 1.29 is 53.4 Å². The third-order valence-electron chi connectivity index (χ3n) is 5.15. The molecule has 3 aromatic rings. The number of hydrogen-bond donors (Lipinski definition) is 0. The van der Waals surface area contributed by atoms with Crippen LogP contribution >= 0.6 is 11.8 Å². The number of ether oxygens (including phenoxy) is 3. The van der Waals surface area contributed by atoms with Crippen LogP contribution in [-0.4, -0.2) is 24.4 Å². The molecule has 3 aromatic carbocycles. The van der Waals surface area contributed by atoms with Crippen molar-refractivity contribution in [1.82, 2.24) is 0 Å². The van der Waals surface area contributed by atoms with E-state index in [0.29, 0.717) is 25.4 Å². The van der Waals surface area contributed by atoms with Crippen molar-refractivity contribution in [3.63, 3.8) is 0 Å². The van der Waals surface area contributed by atoms with Gasteiger partial charge in [0.05, 0.1) is 24.4 Å². The molecule has 1 atom stereocenters. The number of carbonyl (C=O) groups excluding carboxylic acids is 2. The Morgan fingerprint density at radius 2 is 1.63 bits per heavy atom. The molecule has 35 heavy (non-hydrogen) atoms. The van der Waals surface area contributed by atoms with Crippen LogP contribution in [0.1, 0.15) is 36.1 Å². The minimum atomic E-state index is -0.579. The first-order valence-electron chi connectivity index (χ1n) is 11.3. The Morgan fingerprint density at radius 3 is 2.37 bits per heavy atom. The molecule has 0 bridgehead atoms. The first-order chi connectivity index (χ1) is 16.6. The Morgan fingerprint density at radius 1 is 0.857 bits per heavy atom. The van der Waals surface area contributed by atoms with Gasteiger partial charge in [-0.3, -0.25) is 0 Å². The first kappa shape index (κ1) is 27.1. The molecule has 1 unspecified atom stereocenters. The normalized spacial score (nSPS) is 14.7. The quantitative estimate of drug-likeness (QED) is 0.292. The second-order valence-electron chi connectivity index (χ2n) is 7.77. The number of rotatable bonds is 11. The Labute approximate surface area is 232 Å². The maximum Gasteiger partial charge on any atom is 1.00 e. The van der Waals surface area contributed by atoms with E-state index in [9.17, 15) is 9.59 Å². The molecule has 0 aliphatic carbocycles. The fourth-order valence-electron chi connectivity index (χ4n) is 3.58. The predicted molar refractivity (Wildman–Crippen MR) is 133 cm³/mol. The van der Waals surface area contributed by atoms with E-state index in [1.165, 1.54) is 0 Å². The number of thioether (sulfide) groups is 1. The zero-order chi connectivity index (χ0) is 23.8. The molecule has 0 radical (unpaired) electrons. The molecule has 1 aliphatic rings. The third-order valence-corrected chi connectivity index (χ3v) is 6.15. The molecule has 0 spiro atoms. The van der Waals surface area contributed by atoms with Gasteiger partial charge in [0.25, 0.3) is 0 Å². The van der Waals surface area contributed by atoms with Crippen molar-refractivity contribution in [2.45, 2.75) is 31.4 Å². The van der Waals surface area contributed by atoms with E-state index >= 15 is 0 Å². The van der Waals surface area contributed by atoms with Crippen molar-refractivity contribution in [3.05, 3.63) is 89.2 Å². The van der Waals surface area contributed by atoms with Gasteiger partial charge < -0.3 is 29.1 Å². The molecule has 0 aromatic heterocycles. The molecule has 0 saturated carbocycles. The van der Waals surface area contributed by atoms with Gasteiger partial charge in [0.2, 0.25) is 0 Å². The Hall–Kier alpha value is -2.45. The van der Waals surface area contributed by atoms with Gasteiger partial charge in [-0.25, -0.2) is 0 Å². The largest absolute Gasteiger partial charge is 1.00 e. The molecular weight excluding hydrogens is 473 g/mol. The monoisotopic (exact) mass is 499 g/mol. The van der Waals surface area contributed by atoms with E-state index in [1.807, 2.05) is 60.7 Å². The summed E-state index contributed by atoms with van der Waals surface area (Å²) in [4.78, 5) is 23.2. The Balaban J connectivity index is 0.00000342. The molecule has 2 amide bonds. The summed E-state index contributed by atoms with van der Waals surface area (Å²) in [5, 5.41) is 2.44. The fourth-order valence-corrected chi connectivity index (χ4v) is 4.37. The van der Waals surface area contributed by atoms with Crippen molar-refractivity contribution in [3.8, 4) is 23.0 Å². The summed E-state index contributed by atoms with van der Waals surface area (Å²) in [5.74, 6) is 2.69. The predicted octanol–water partition coefficient (Wildman–Crippen LogP) is 4.09. The van der Waals surface area contributed by atoms with Crippen LogP contribution in [0.25, 0.3) is 5.32 Å². The van der Waals surface area contributed by atoms with Crippen LogP contribution in [0.5, 0.6) is 23.0 Å². The second-order valence-corrected chi connectivity index (χ2v) is 8.83. The fraction of sp³-hybridized carbons (Fsp3) is 0.259. The van der Waals surface area contributed by atoms with Gasteiger partial charge in [-0.1, -0.05) is 55.4 Å². The van der Waals surface area contributed by atoms with Crippen LogP contribution in [0.2, 0.25) is 0 Å². The van der Waals surface area contributed by atoms with Crippen LogP contribution < -0.4 is 43.8 Å². The van der Waals surface area contributed by atoms with Gasteiger partial charge >= 0.3 is 29.6 Å². The van der Waals surface area contributed by atoms with E-state index in [0.717, 1.165) is 53.0 Å². The van der Waals surface area contributed by atoms with E-state index < -0.39 is 16.4 Å². The topological polar surface area (TPSA) is 75.9 Å². The average molecular weight is 500 g/mol. The van der Waals surface area contributed by atoms with Crippen molar-refractivity contribution in [1.29, 1.82) is 0 Å². The Kier molecular flexibility index (Phi) is 10.5. The zero-order valence-corrected chi connectivity index (χ0v) is 22.8. The van der Waals surface area contributed by atoms with Gasteiger partial charge in [0, 0.05) is 6.42 Å². The summed E-state index contributed by atoms with van der Waals surface area (Å²) in [6.07, 6.45) is 2.60. The smallest absolute Gasteiger partial charge is 0.585 e. The number of nitrogens with zero attached hydrogens (tertiary/aromatic N) is 1. The summed E-state index contributed by atoms with van der Waals surface area (Å²) >= 11 is 0.932. The number of amides is 2. The standard InChI is InChI=1S/C27H27NO5S.Na/c1-2-8-19-17-23(33-21-10-4-3-5-11-21)13-14-24(19)32-16-7-15-31-22-12-6-9-20(18-22)25-26(29)28-27(30)34-25;/h3-6,9-14,17-18,25H,2,7-8,15-16H2,1H3,(H,28,29,30);/q;+1/p-1. The molecule has 1 aliphatic heterocycles. The van der Waals surface area contributed by atoms with E-state index in [2.05, 4.69) is 12.2 Å². The van der Waals surface area contributed by atoms with E-state index in [1.54, 1.807) is 12.1 Å².